The smallest absolute Gasteiger partial charge is 0.333 e. The molecule has 0 N–H and O–H groups in total. The first-order valence-electron chi connectivity index (χ1n) is 5.47. The van der Waals surface area contributed by atoms with E-state index in [0.29, 0.717) is 12.0 Å². The van der Waals surface area contributed by atoms with Crippen LogP contribution in [-0.2, 0) is 23.9 Å². The molecule has 0 aromatic rings. The van der Waals surface area contributed by atoms with Crippen molar-refractivity contribution < 1.29 is 23.9 Å². The van der Waals surface area contributed by atoms with E-state index in [9.17, 15) is 14.4 Å². The minimum Gasteiger partial charge on any atom is -0.462 e. The fourth-order valence-corrected chi connectivity index (χ4v) is 1.05. The lowest BCUT2D eigenvalue weighted by Crippen LogP contribution is -2.16. The predicted molar refractivity (Wildman–Crippen MR) is 61.3 cm³/mol. The number of Topliss-reactive ketones (excluding diaryl/α,β-unsaturated/α-hetero) is 1. The van der Waals surface area contributed by atoms with Crippen LogP contribution in [0.5, 0.6) is 0 Å². The molecule has 0 radical (unpaired) electrons. The Hall–Kier alpha value is -1.65. The number of hydrogen-bond donors (Lipinski definition) is 0. The van der Waals surface area contributed by atoms with Crippen LogP contribution >= 0.6 is 0 Å². The van der Waals surface area contributed by atoms with Gasteiger partial charge in [0.05, 0.1) is 0 Å². The summed E-state index contributed by atoms with van der Waals surface area (Å²) >= 11 is 0. The maximum atomic E-state index is 11.2. The normalized spacial score (nSPS) is 9.53. The summed E-state index contributed by atoms with van der Waals surface area (Å²) in [6.45, 7) is 6.74. The van der Waals surface area contributed by atoms with Gasteiger partial charge in [0.25, 0.3) is 0 Å². The maximum Gasteiger partial charge on any atom is 0.333 e. The molecule has 0 saturated heterocycles. The van der Waals surface area contributed by atoms with Crippen LogP contribution in [0.1, 0.15) is 33.1 Å². The summed E-state index contributed by atoms with van der Waals surface area (Å²) < 4.78 is 9.49. The van der Waals surface area contributed by atoms with E-state index in [0.717, 1.165) is 6.42 Å². The van der Waals surface area contributed by atoms with E-state index in [1.807, 2.05) is 6.92 Å². The van der Waals surface area contributed by atoms with Gasteiger partial charge >= 0.3 is 11.9 Å². The van der Waals surface area contributed by atoms with Crippen LogP contribution in [0.25, 0.3) is 0 Å². The third kappa shape index (κ3) is 8.19. The van der Waals surface area contributed by atoms with E-state index in [1.165, 1.54) is 6.92 Å². The average molecular weight is 242 g/mol. The average Bonchev–Trinajstić information content (AvgIpc) is 2.23. The molecular weight excluding hydrogens is 224 g/mol. The molecule has 0 spiro atoms. The molecule has 0 fully saturated rings. The number of ether oxygens (including phenoxy) is 2. The van der Waals surface area contributed by atoms with Gasteiger partial charge in [-0.3, -0.25) is 9.59 Å². The third-order valence-electron chi connectivity index (χ3n) is 1.81. The van der Waals surface area contributed by atoms with Crippen LogP contribution in [-0.4, -0.2) is 30.9 Å². The topological polar surface area (TPSA) is 69.7 Å². The molecule has 96 valence electrons. The van der Waals surface area contributed by atoms with Crippen molar-refractivity contribution >= 4 is 17.7 Å². The number of carbonyl (C=O) groups excluding carboxylic acids is 3. The Bertz CT molecular complexity index is 306. The molecule has 5 heteroatoms. The van der Waals surface area contributed by atoms with Crippen LogP contribution in [0.3, 0.4) is 0 Å². The molecule has 0 atom stereocenters. The van der Waals surface area contributed by atoms with Crippen LogP contribution in [0, 0.1) is 0 Å². The molecule has 0 aromatic heterocycles. The molecule has 0 aliphatic rings. The summed E-state index contributed by atoms with van der Waals surface area (Å²) in [6.07, 6.45) is 1.15. The molecule has 0 bridgehead atoms. The first-order valence-corrected chi connectivity index (χ1v) is 5.47. The van der Waals surface area contributed by atoms with Gasteiger partial charge < -0.3 is 9.47 Å². The van der Waals surface area contributed by atoms with Crippen molar-refractivity contribution in [1.29, 1.82) is 0 Å². The molecule has 17 heavy (non-hydrogen) atoms. The van der Waals surface area contributed by atoms with Gasteiger partial charge in [-0.05, 0) is 13.3 Å². The fourth-order valence-electron chi connectivity index (χ4n) is 1.05. The number of esters is 2. The van der Waals surface area contributed by atoms with Gasteiger partial charge in [-0.2, -0.15) is 0 Å². The Morgan fingerprint density at radius 1 is 1.12 bits per heavy atom. The minimum absolute atomic E-state index is 0.0226. The van der Waals surface area contributed by atoms with E-state index in [2.05, 4.69) is 11.3 Å². The van der Waals surface area contributed by atoms with Crippen molar-refractivity contribution in [3.63, 3.8) is 0 Å². The highest BCUT2D eigenvalue weighted by molar-refractivity contribution is 5.94. The lowest BCUT2D eigenvalue weighted by Gasteiger charge is -2.06. The molecule has 5 nitrogen and oxygen atoms in total. The van der Waals surface area contributed by atoms with Crippen LogP contribution in [0.15, 0.2) is 12.2 Å². The highest BCUT2D eigenvalue weighted by Gasteiger charge is 2.09. The number of hydrogen-bond acceptors (Lipinski definition) is 5. The molecule has 0 aliphatic carbocycles. The SMILES string of the molecule is C=C(CCC)C(=O)OCCOC(=O)CC(C)=O. The predicted octanol–water partition coefficient (Wildman–Crippen LogP) is 1.41. The van der Waals surface area contributed by atoms with Crippen molar-refractivity contribution in [1.82, 2.24) is 0 Å². The summed E-state index contributed by atoms with van der Waals surface area (Å²) in [6, 6.07) is 0. The molecular formula is C12H18O5. The van der Waals surface area contributed by atoms with E-state index < -0.39 is 11.9 Å². The Morgan fingerprint density at radius 2 is 1.71 bits per heavy atom. The van der Waals surface area contributed by atoms with E-state index in [1.54, 1.807) is 0 Å². The van der Waals surface area contributed by atoms with Crippen molar-refractivity contribution in [2.75, 3.05) is 13.2 Å². The van der Waals surface area contributed by atoms with Gasteiger partial charge in [0, 0.05) is 5.57 Å². The standard InChI is InChI=1S/C12H18O5/c1-4-5-9(2)12(15)17-7-6-16-11(14)8-10(3)13/h2,4-8H2,1,3H3. The Morgan fingerprint density at radius 3 is 2.24 bits per heavy atom. The zero-order valence-corrected chi connectivity index (χ0v) is 10.3. The molecule has 0 heterocycles. The zero-order chi connectivity index (χ0) is 13.3. The molecule has 0 saturated carbocycles. The largest absolute Gasteiger partial charge is 0.462 e. The van der Waals surface area contributed by atoms with Crippen molar-refractivity contribution in [2.24, 2.45) is 0 Å². The maximum absolute atomic E-state index is 11.2. The second-order valence-electron chi connectivity index (χ2n) is 3.59. The highest BCUT2D eigenvalue weighted by atomic mass is 16.6. The van der Waals surface area contributed by atoms with Gasteiger partial charge in [0.1, 0.15) is 25.4 Å². The van der Waals surface area contributed by atoms with E-state index >= 15 is 0 Å². The lowest BCUT2D eigenvalue weighted by atomic mass is 10.2. The third-order valence-corrected chi connectivity index (χ3v) is 1.81. The molecule has 0 aromatic carbocycles. The number of ketones is 1. The molecule has 0 aliphatic heterocycles. The first kappa shape index (κ1) is 15.3. The van der Waals surface area contributed by atoms with Gasteiger partial charge in [0.15, 0.2) is 0 Å². The summed E-state index contributed by atoms with van der Waals surface area (Å²) in [5, 5.41) is 0. The fraction of sp³-hybridized carbons (Fsp3) is 0.583. The van der Waals surface area contributed by atoms with Crippen molar-refractivity contribution in [3.05, 3.63) is 12.2 Å². The van der Waals surface area contributed by atoms with Crippen LogP contribution in [0.4, 0.5) is 0 Å². The summed E-state index contributed by atoms with van der Waals surface area (Å²) in [5.41, 5.74) is 0.405. The monoisotopic (exact) mass is 242 g/mol. The first-order chi connectivity index (χ1) is 7.97. The second-order valence-corrected chi connectivity index (χ2v) is 3.59. The van der Waals surface area contributed by atoms with Gasteiger partial charge in [-0.25, -0.2) is 4.79 Å². The summed E-state index contributed by atoms with van der Waals surface area (Å²) in [7, 11) is 0. The van der Waals surface area contributed by atoms with Crippen molar-refractivity contribution in [2.45, 2.75) is 33.1 Å². The quantitative estimate of drug-likeness (QED) is 0.278. The number of carbonyl (C=O) groups is 3. The minimum atomic E-state index is -0.610. The highest BCUT2D eigenvalue weighted by Crippen LogP contribution is 2.03. The Labute approximate surface area is 101 Å². The number of rotatable bonds is 8. The Balaban J connectivity index is 3.64. The molecule has 0 amide bonds. The summed E-state index contributed by atoms with van der Waals surface area (Å²) in [5.74, 6) is -1.35. The zero-order valence-electron chi connectivity index (χ0n) is 10.3. The van der Waals surface area contributed by atoms with Gasteiger partial charge in [-0.15, -0.1) is 0 Å². The van der Waals surface area contributed by atoms with E-state index in [4.69, 9.17) is 4.74 Å². The van der Waals surface area contributed by atoms with Crippen molar-refractivity contribution in [3.8, 4) is 0 Å². The van der Waals surface area contributed by atoms with E-state index in [-0.39, 0.29) is 25.4 Å². The second kappa shape index (κ2) is 8.50. The molecule has 0 rings (SSSR count). The lowest BCUT2D eigenvalue weighted by molar-refractivity contribution is -0.151. The summed E-state index contributed by atoms with van der Waals surface area (Å²) in [4.78, 5) is 32.7. The molecule has 0 unspecified atom stereocenters. The Kier molecular flexibility index (Phi) is 7.67. The van der Waals surface area contributed by atoms with Crippen LogP contribution < -0.4 is 0 Å². The van der Waals surface area contributed by atoms with Gasteiger partial charge in [0.2, 0.25) is 0 Å². The van der Waals surface area contributed by atoms with Crippen LogP contribution in [0.2, 0.25) is 0 Å². The van der Waals surface area contributed by atoms with Gasteiger partial charge in [-0.1, -0.05) is 19.9 Å².